The number of esters is 2. The summed E-state index contributed by atoms with van der Waals surface area (Å²) in [6, 6.07) is 5.30. The van der Waals surface area contributed by atoms with Crippen molar-refractivity contribution in [2.45, 2.75) is 96.6 Å². The number of hydrogen-bond donors (Lipinski definition) is 3. The standard InChI is InChI=1S/C26H41NO7/c1-3-4-5-6-7-8-9-10-11-12-25(31)33-18-23(30)19-34-26(32)24(27-20(2)28)17-21-13-15-22(29)16-14-21/h13-16,23-24,29-30H,3-12,17-19H2,1-2H3,(H,27,28)/t23-,24+/m1/s1. The highest BCUT2D eigenvalue weighted by atomic mass is 16.6. The quantitative estimate of drug-likeness (QED) is 0.216. The molecule has 0 spiro atoms. The van der Waals surface area contributed by atoms with Gasteiger partial charge in [-0.2, -0.15) is 0 Å². The molecule has 0 aromatic heterocycles. The molecule has 0 aliphatic heterocycles. The molecule has 0 radical (unpaired) electrons. The van der Waals surface area contributed by atoms with E-state index in [0.29, 0.717) is 6.42 Å². The van der Waals surface area contributed by atoms with Crippen LogP contribution in [0.4, 0.5) is 0 Å². The van der Waals surface area contributed by atoms with E-state index in [-0.39, 0.29) is 31.4 Å². The second kappa shape index (κ2) is 17.8. The molecule has 8 nitrogen and oxygen atoms in total. The van der Waals surface area contributed by atoms with E-state index in [2.05, 4.69) is 12.2 Å². The smallest absolute Gasteiger partial charge is 0.329 e. The van der Waals surface area contributed by atoms with Crippen molar-refractivity contribution in [3.05, 3.63) is 29.8 Å². The Labute approximate surface area is 203 Å². The number of phenolic OH excluding ortho intramolecular Hbond substituents is 1. The molecule has 1 aromatic rings. The van der Waals surface area contributed by atoms with Gasteiger partial charge in [0.2, 0.25) is 5.91 Å². The van der Waals surface area contributed by atoms with E-state index in [4.69, 9.17) is 9.47 Å². The summed E-state index contributed by atoms with van der Waals surface area (Å²) in [5, 5.41) is 21.9. The Hall–Kier alpha value is -2.61. The highest BCUT2D eigenvalue weighted by molar-refractivity contribution is 5.83. The molecule has 8 heteroatoms. The summed E-state index contributed by atoms with van der Waals surface area (Å²) >= 11 is 0. The summed E-state index contributed by atoms with van der Waals surface area (Å²) in [6.07, 6.45) is 9.73. The number of nitrogens with one attached hydrogen (secondary N) is 1. The minimum atomic E-state index is -1.15. The van der Waals surface area contributed by atoms with Gasteiger partial charge >= 0.3 is 11.9 Å². The number of aliphatic hydroxyl groups is 1. The number of rotatable bonds is 18. The number of unbranched alkanes of at least 4 members (excludes halogenated alkanes) is 8. The monoisotopic (exact) mass is 479 g/mol. The van der Waals surface area contributed by atoms with Gasteiger partial charge in [0.15, 0.2) is 0 Å². The van der Waals surface area contributed by atoms with Crippen molar-refractivity contribution in [2.75, 3.05) is 13.2 Å². The van der Waals surface area contributed by atoms with Gasteiger partial charge < -0.3 is 25.0 Å². The highest BCUT2D eigenvalue weighted by Crippen LogP contribution is 2.13. The molecule has 0 bridgehead atoms. The molecule has 0 saturated heterocycles. The molecule has 34 heavy (non-hydrogen) atoms. The Kier molecular flexibility index (Phi) is 15.4. The van der Waals surface area contributed by atoms with E-state index in [0.717, 1.165) is 24.8 Å². The van der Waals surface area contributed by atoms with Crippen LogP contribution in [0, 0.1) is 0 Å². The molecule has 0 unspecified atom stereocenters. The minimum Gasteiger partial charge on any atom is -0.508 e. The molecule has 192 valence electrons. The van der Waals surface area contributed by atoms with Gasteiger partial charge in [0, 0.05) is 19.8 Å². The Morgan fingerprint density at radius 1 is 0.882 bits per heavy atom. The molecule has 2 atom stereocenters. The van der Waals surface area contributed by atoms with E-state index in [1.54, 1.807) is 12.1 Å². The molecule has 0 heterocycles. The molecule has 0 fully saturated rings. The zero-order chi connectivity index (χ0) is 25.2. The van der Waals surface area contributed by atoms with Gasteiger partial charge in [0.05, 0.1) is 0 Å². The third kappa shape index (κ3) is 14.5. The molecule has 3 N–H and O–H groups in total. The maximum Gasteiger partial charge on any atom is 0.329 e. The Bertz CT molecular complexity index is 720. The number of aromatic hydroxyl groups is 1. The summed E-state index contributed by atoms with van der Waals surface area (Å²) in [4.78, 5) is 35.7. The maximum absolute atomic E-state index is 12.4. The van der Waals surface area contributed by atoms with Crippen LogP contribution in [-0.2, 0) is 30.3 Å². The van der Waals surface area contributed by atoms with Crippen molar-refractivity contribution in [3.8, 4) is 5.75 Å². The fourth-order valence-electron chi connectivity index (χ4n) is 3.47. The van der Waals surface area contributed by atoms with E-state index in [9.17, 15) is 24.6 Å². The normalized spacial score (nSPS) is 12.6. The van der Waals surface area contributed by atoms with Crippen LogP contribution in [-0.4, -0.2) is 53.4 Å². The SMILES string of the molecule is CCCCCCCCCCCC(=O)OC[C@@H](O)COC(=O)[C@H](Cc1ccc(O)cc1)NC(C)=O. The van der Waals surface area contributed by atoms with Gasteiger partial charge in [-0.05, 0) is 24.1 Å². The number of carbonyl (C=O) groups is 3. The third-order valence-electron chi connectivity index (χ3n) is 5.38. The second-order valence-corrected chi connectivity index (χ2v) is 8.67. The highest BCUT2D eigenvalue weighted by Gasteiger charge is 2.23. The molecule has 0 saturated carbocycles. The Morgan fingerprint density at radius 2 is 1.44 bits per heavy atom. The summed E-state index contributed by atoms with van der Waals surface area (Å²) in [5.74, 6) is -1.38. The van der Waals surface area contributed by atoms with Crippen LogP contribution in [0.1, 0.15) is 83.6 Å². The number of amides is 1. The van der Waals surface area contributed by atoms with Gasteiger partial charge in [-0.15, -0.1) is 0 Å². The summed E-state index contributed by atoms with van der Waals surface area (Å²) < 4.78 is 10.2. The molecule has 1 aromatic carbocycles. The lowest BCUT2D eigenvalue weighted by molar-refractivity contribution is -0.154. The molecule has 0 aliphatic carbocycles. The largest absolute Gasteiger partial charge is 0.508 e. The van der Waals surface area contributed by atoms with Gasteiger partial charge in [-0.3, -0.25) is 9.59 Å². The lowest BCUT2D eigenvalue weighted by Gasteiger charge is -2.18. The zero-order valence-corrected chi connectivity index (χ0v) is 20.6. The van der Waals surface area contributed by atoms with Crippen LogP contribution in [0.25, 0.3) is 0 Å². The predicted octanol–water partition coefficient (Wildman–Crippen LogP) is 3.81. The van der Waals surface area contributed by atoms with Crippen molar-refractivity contribution in [1.29, 1.82) is 0 Å². The Morgan fingerprint density at radius 3 is 2.03 bits per heavy atom. The van der Waals surface area contributed by atoms with E-state index < -0.39 is 24.0 Å². The molecule has 0 aliphatic rings. The number of hydrogen-bond acceptors (Lipinski definition) is 7. The molecule has 1 rings (SSSR count). The summed E-state index contributed by atoms with van der Waals surface area (Å²) in [6.45, 7) is 2.89. The lowest BCUT2D eigenvalue weighted by Crippen LogP contribution is -2.43. The van der Waals surface area contributed by atoms with Gasteiger partial charge in [-0.1, -0.05) is 70.4 Å². The van der Waals surface area contributed by atoms with Crippen LogP contribution in [0.5, 0.6) is 5.75 Å². The van der Waals surface area contributed by atoms with E-state index in [1.807, 2.05) is 0 Å². The van der Waals surface area contributed by atoms with Gasteiger partial charge in [-0.25, -0.2) is 4.79 Å². The predicted molar refractivity (Wildman–Crippen MR) is 129 cm³/mol. The number of carbonyl (C=O) groups excluding carboxylic acids is 3. The number of aliphatic hydroxyl groups excluding tert-OH is 1. The first-order chi connectivity index (χ1) is 16.3. The topological polar surface area (TPSA) is 122 Å². The van der Waals surface area contributed by atoms with Crippen LogP contribution < -0.4 is 5.32 Å². The molecular weight excluding hydrogens is 438 g/mol. The van der Waals surface area contributed by atoms with Crippen molar-refractivity contribution >= 4 is 17.8 Å². The first-order valence-electron chi connectivity index (χ1n) is 12.4. The van der Waals surface area contributed by atoms with Crippen LogP contribution in [0.3, 0.4) is 0 Å². The minimum absolute atomic E-state index is 0.0953. The van der Waals surface area contributed by atoms with Crippen molar-refractivity contribution in [1.82, 2.24) is 5.32 Å². The van der Waals surface area contributed by atoms with Gasteiger partial charge in [0.1, 0.15) is 31.1 Å². The van der Waals surface area contributed by atoms with Crippen LogP contribution >= 0.6 is 0 Å². The van der Waals surface area contributed by atoms with Gasteiger partial charge in [0.25, 0.3) is 0 Å². The first kappa shape index (κ1) is 29.4. The van der Waals surface area contributed by atoms with E-state index >= 15 is 0 Å². The van der Waals surface area contributed by atoms with Crippen LogP contribution in [0.2, 0.25) is 0 Å². The first-order valence-corrected chi connectivity index (χ1v) is 12.4. The summed E-state index contributed by atoms with van der Waals surface area (Å²) in [5.41, 5.74) is 0.722. The van der Waals surface area contributed by atoms with Crippen molar-refractivity contribution in [2.24, 2.45) is 0 Å². The lowest BCUT2D eigenvalue weighted by atomic mass is 10.1. The zero-order valence-electron chi connectivity index (χ0n) is 20.6. The fraction of sp³-hybridized carbons (Fsp3) is 0.654. The average molecular weight is 480 g/mol. The van der Waals surface area contributed by atoms with E-state index in [1.165, 1.54) is 57.6 Å². The Balaban J connectivity index is 2.23. The average Bonchev–Trinajstić information content (AvgIpc) is 2.80. The molecular formula is C26H41NO7. The van der Waals surface area contributed by atoms with Crippen molar-refractivity contribution in [3.63, 3.8) is 0 Å². The molecule has 1 amide bonds. The maximum atomic E-state index is 12.4. The second-order valence-electron chi connectivity index (χ2n) is 8.67. The summed E-state index contributed by atoms with van der Waals surface area (Å²) in [7, 11) is 0. The van der Waals surface area contributed by atoms with Crippen LogP contribution in [0.15, 0.2) is 24.3 Å². The number of ether oxygens (including phenoxy) is 2. The fourth-order valence-corrected chi connectivity index (χ4v) is 3.47. The number of benzene rings is 1. The van der Waals surface area contributed by atoms with Crippen molar-refractivity contribution < 1.29 is 34.1 Å². The third-order valence-corrected chi connectivity index (χ3v) is 5.38. The number of phenols is 1.